The minimum atomic E-state index is 0.411. The molecule has 0 radical (unpaired) electrons. The van der Waals surface area contributed by atoms with Crippen LogP contribution in [-0.4, -0.2) is 63.4 Å². The molecule has 0 N–H and O–H groups in total. The molecule has 0 amide bonds. The first kappa shape index (κ1) is 23.0. The van der Waals surface area contributed by atoms with E-state index in [2.05, 4.69) is 4.90 Å². The number of rotatable bonds is 14. The van der Waals surface area contributed by atoms with Crippen molar-refractivity contribution >= 4 is 25.1 Å². The molecule has 2 aromatic carbocycles. The summed E-state index contributed by atoms with van der Waals surface area (Å²) in [4.78, 5) is 46.0. The number of hydrogen-bond acceptors (Lipinski definition) is 7. The molecule has 0 aromatic heterocycles. The first-order valence-corrected chi connectivity index (χ1v) is 9.64. The maximum Gasteiger partial charge on any atom is 0.153 e. The zero-order valence-electron chi connectivity index (χ0n) is 16.9. The number of aldehydes is 4. The highest BCUT2D eigenvalue weighted by Crippen LogP contribution is 2.19. The van der Waals surface area contributed by atoms with Crippen LogP contribution in [0, 0.1) is 0 Å². The molecule has 0 spiro atoms. The molecule has 158 valence electrons. The van der Waals surface area contributed by atoms with Gasteiger partial charge in [-0.25, -0.2) is 0 Å². The first-order chi connectivity index (χ1) is 14.6. The van der Waals surface area contributed by atoms with Crippen LogP contribution in [0.25, 0.3) is 0 Å². The van der Waals surface area contributed by atoms with Crippen molar-refractivity contribution in [1.29, 1.82) is 0 Å². The Kier molecular flexibility index (Phi) is 9.40. The standard InChI is InChI=1S/C23H25NO6/c1-24(8-2-10-29-22-12-18(14-25)4-6-20(22)16-27)9-3-11-30-23-13-19(15-26)5-7-21(23)17-28/h4-7,12-17H,2-3,8-11H2,1H3. The maximum atomic E-state index is 11.1. The summed E-state index contributed by atoms with van der Waals surface area (Å²) in [5.74, 6) is 0.823. The largest absolute Gasteiger partial charge is 0.493 e. The summed E-state index contributed by atoms with van der Waals surface area (Å²) in [5, 5.41) is 0. The van der Waals surface area contributed by atoms with E-state index in [1.54, 1.807) is 36.4 Å². The van der Waals surface area contributed by atoms with Gasteiger partial charge in [0.05, 0.1) is 24.3 Å². The van der Waals surface area contributed by atoms with Crippen LogP contribution in [0.5, 0.6) is 11.5 Å². The van der Waals surface area contributed by atoms with Crippen molar-refractivity contribution in [2.75, 3.05) is 33.4 Å². The lowest BCUT2D eigenvalue weighted by molar-refractivity contribution is 0.110. The fraction of sp³-hybridized carbons (Fsp3) is 0.304. The average Bonchev–Trinajstić information content (AvgIpc) is 2.79. The van der Waals surface area contributed by atoms with Crippen molar-refractivity contribution in [1.82, 2.24) is 4.90 Å². The highest BCUT2D eigenvalue weighted by Gasteiger charge is 2.07. The topological polar surface area (TPSA) is 90.0 Å². The predicted octanol–water partition coefficient (Wildman–Crippen LogP) is 3.11. The molecule has 30 heavy (non-hydrogen) atoms. The number of hydrogen-bond donors (Lipinski definition) is 0. The normalized spacial score (nSPS) is 10.5. The summed E-state index contributed by atoms with van der Waals surface area (Å²) in [5.41, 5.74) is 1.76. The number of carbonyl (C=O) groups is 4. The van der Waals surface area contributed by atoms with Gasteiger partial charge in [-0.3, -0.25) is 19.2 Å². The van der Waals surface area contributed by atoms with Gasteiger partial charge < -0.3 is 14.4 Å². The van der Waals surface area contributed by atoms with E-state index in [0.717, 1.165) is 25.9 Å². The summed E-state index contributed by atoms with van der Waals surface area (Å²) in [7, 11) is 1.98. The number of nitrogens with zero attached hydrogens (tertiary/aromatic N) is 1. The number of ether oxygens (including phenoxy) is 2. The summed E-state index contributed by atoms with van der Waals surface area (Å²) >= 11 is 0. The summed E-state index contributed by atoms with van der Waals surface area (Å²) < 4.78 is 11.3. The van der Waals surface area contributed by atoms with Crippen LogP contribution >= 0.6 is 0 Å². The second-order valence-electron chi connectivity index (χ2n) is 6.77. The predicted molar refractivity (Wildman–Crippen MR) is 112 cm³/mol. The van der Waals surface area contributed by atoms with Crippen LogP contribution in [0.2, 0.25) is 0 Å². The Morgan fingerprint density at radius 3 is 1.50 bits per heavy atom. The molecule has 0 aliphatic rings. The fourth-order valence-electron chi connectivity index (χ4n) is 2.84. The van der Waals surface area contributed by atoms with E-state index >= 15 is 0 Å². The lowest BCUT2D eigenvalue weighted by Crippen LogP contribution is -2.23. The van der Waals surface area contributed by atoms with E-state index in [-0.39, 0.29) is 0 Å². The van der Waals surface area contributed by atoms with E-state index in [9.17, 15) is 19.2 Å². The molecule has 2 rings (SSSR count). The third kappa shape index (κ3) is 6.93. The van der Waals surface area contributed by atoms with Crippen molar-refractivity contribution < 1.29 is 28.7 Å². The lowest BCUT2D eigenvalue weighted by Gasteiger charge is -2.17. The quantitative estimate of drug-likeness (QED) is 0.348. The Balaban J connectivity index is 1.69. The van der Waals surface area contributed by atoms with Crippen LogP contribution in [0.4, 0.5) is 0 Å². The van der Waals surface area contributed by atoms with Crippen LogP contribution < -0.4 is 9.47 Å². The fourth-order valence-corrected chi connectivity index (χ4v) is 2.84. The minimum Gasteiger partial charge on any atom is -0.493 e. The summed E-state index contributed by atoms with van der Waals surface area (Å²) in [6.45, 7) is 2.41. The maximum absolute atomic E-state index is 11.1. The van der Waals surface area contributed by atoms with E-state index in [1.807, 2.05) is 7.05 Å². The Morgan fingerprint density at radius 2 is 1.13 bits per heavy atom. The lowest BCUT2D eigenvalue weighted by atomic mass is 10.1. The molecular formula is C23H25NO6. The van der Waals surface area contributed by atoms with Gasteiger partial charge in [-0.1, -0.05) is 12.1 Å². The second-order valence-corrected chi connectivity index (χ2v) is 6.77. The van der Waals surface area contributed by atoms with Crippen molar-refractivity contribution in [3.63, 3.8) is 0 Å². The molecule has 0 unspecified atom stereocenters. The monoisotopic (exact) mass is 411 g/mol. The molecule has 0 saturated heterocycles. The third-order valence-corrected chi connectivity index (χ3v) is 4.48. The molecule has 0 aliphatic carbocycles. The zero-order chi connectivity index (χ0) is 21.8. The van der Waals surface area contributed by atoms with Gasteiger partial charge in [-0.05, 0) is 44.2 Å². The van der Waals surface area contributed by atoms with Gasteiger partial charge >= 0.3 is 0 Å². The van der Waals surface area contributed by atoms with Gasteiger partial charge in [0.2, 0.25) is 0 Å². The van der Waals surface area contributed by atoms with Crippen molar-refractivity contribution in [2.24, 2.45) is 0 Å². The number of carbonyl (C=O) groups excluding carboxylic acids is 4. The molecule has 0 saturated carbocycles. The Morgan fingerprint density at radius 1 is 0.700 bits per heavy atom. The van der Waals surface area contributed by atoms with Gasteiger partial charge in [-0.2, -0.15) is 0 Å². The van der Waals surface area contributed by atoms with Crippen LogP contribution in [0.3, 0.4) is 0 Å². The number of benzene rings is 2. The molecule has 0 aliphatic heterocycles. The molecule has 0 bridgehead atoms. The van der Waals surface area contributed by atoms with Crippen LogP contribution in [-0.2, 0) is 0 Å². The SMILES string of the molecule is CN(CCCOc1cc(C=O)ccc1C=O)CCCOc1cc(C=O)ccc1C=O. The zero-order valence-corrected chi connectivity index (χ0v) is 16.9. The van der Waals surface area contributed by atoms with E-state index in [0.29, 0.717) is 72.1 Å². The Hall–Kier alpha value is -3.32. The summed E-state index contributed by atoms with van der Waals surface area (Å²) in [6, 6.07) is 9.41. The third-order valence-electron chi connectivity index (χ3n) is 4.48. The van der Waals surface area contributed by atoms with Gasteiger partial charge in [0.1, 0.15) is 24.1 Å². The van der Waals surface area contributed by atoms with E-state index in [1.165, 1.54) is 0 Å². The van der Waals surface area contributed by atoms with Gasteiger partial charge in [0, 0.05) is 24.2 Å². The molecule has 0 atom stereocenters. The van der Waals surface area contributed by atoms with Gasteiger partial charge in [0.15, 0.2) is 12.6 Å². The molecule has 0 heterocycles. The minimum absolute atomic E-state index is 0.411. The van der Waals surface area contributed by atoms with Gasteiger partial charge in [0.25, 0.3) is 0 Å². The van der Waals surface area contributed by atoms with Crippen LogP contribution in [0.15, 0.2) is 36.4 Å². The molecule has 2 aromatic rings. The second kappa shape index (κ2) is 12.3. The summed E-state index contributed by atoms with van der Waals surface area (Å²) in [6.07, 6.45) is 4.33. The van der Waals surface area contributed by atoms with Crippen molar-refractivity contribution in [3.8, 4) is 11.5 Å². The van der Waals surface area contributed by atoms with E-state index in [4.69, 9.17) is 9.47 Å². The van der Waals surface area contributed by atoms with Crippen molar-refractivity contribution in [3.05, 3.63) is 58.7 Å². The Bertz CT molecular complexity index is 808. The highest BCUT2D eigenvalue weighted by molar-refractivity contribution is 5.84. The molecule has 7 heteroatoms. The molecular weight excluding hydrogens is 386 g/mol. The van der Waals surface area contributed by atoms with Gasteiger partial charge in [-0.15, -0.1) is 0 Å². The van der Waals surface area contributed by atoms with Crippen LogP contribution in [0.1, 0.15) is 54.3 Å². The first-order valence-electron chi connectivity index (χ1n) is 9.64. The Labute approximate surface area is 175 Å². The molecule has 7 nitrogen and oxygen atoms in total. The smallest absolute Gasteiger partial charge is 0.153 e. The van der Waals surface area contributed by atoms with E-state index < -0.39 is 0 Å². The molecule has 0 fully saturated rings. The average molecular weight is 411 g/mol. The van der Waals surface area contributed by atoms with Crippen molar-refractivity contribution in [2.45, 2.75) is 12.8 Å². The highest BCUT2D eigenvalue weighted by atomic mass is 16.5.